The standard InChI is InChI=1S/C13H18O4/c1-17-13(16)7-6-10-2-4-11(5-3-10)8-12(15)9-14/h2-5,12,14-15H,6-9H2,1H3/t12-/m1/s1. The third-order valence-corrected chi connectivity index (χ3v) is 2.55. The highest BCUT2D eigenvalue weighted by molar-refractivity contribution is 5.69. The summed E-state index contributed by atoms with van der Waals surface area (Å²) in [5.74, 6) is -0.218. The Hall–Kier alpha value is -1.39. The predicted molar refractivity (Wildman–Crippen MR) is 63.6 cm³/mol. The topological polar surface area (TPSA) is 66.8 Å². The first-order valence-electron chi connectivity index (χ1n) is 5.59. The lowest BCUT2D eigenvalue weighted by Gasteiger charge is -2.07. The molecule has 0 spiro atoms. The Bertz CT molecular complexity index is 345. The van der Waals surface area contributed by atoms with Crippen molar-refractivity contribution >= 4 is 5.97 Å². The minimum Gasteiger partial charge on any atom is -0.469 e. The highest BCUT2D eigenvalue weighted by Crippen LogP contribution is 2.09. The van der Waals surface area contributed by atoms with E-state index in [0.29, 0.717) is 19.3 Å². The predicted octanol–water partition coefficient (Wildman–Crippen LogP) is 0.688. The SMILES string of the molecule is COC(=O)CCc1ccc(C[C@@H](O)CO)cc1. The van der Waals surface area contributed by atoms with E-state index in [1.807, 2.05) is 24.3 Å². The van der Waals surface area contributed by atoms with E-state index in [1.165, 1.54) is 7.11 Å². The Labute approximate surface area is 101 Å². The minimum absolute atomic E-state index is 0.218. The average molecular weight is 238 g/mol. The molecule has 0 aromatic heterocycles. The van der Waals surface area contributed by atoms with Gasteiger partial charge in [0, 0.05) is 12.8 Å². The van der Waals surface area contributed by atoms with Crippen molar-refractivity contribution in [3.05, 3.63) is 35.4 Å². The number of rotatable bonds is 6. The molecule has 1 atom stereocenters. The zero-order valence-corrected chi connectivity index (χ0v) is 9.93. The van der Waals surface area contributed by atoms with Gasteiger partial charge in [-0.3, -0.25) is 4.79 Å². The van der Waals surface area contributed by atoms with Gasteiger partial charge < -0.3 is 14.9 Å². The molecule has 0 heterocycles. The van der Waals surface area contributed by atoms with Crippen molar-refractivity contribution in [1.82, 2.24) is 0 Å². The number of benzene rings is 1. The van der Waals surface area contributed by atoms with E-state index in [1.54, 1.807) is 0 Å². The van der Waals surface area contributed by atoms with Crippen LogP contribution in [0.5, 0.6) is 0 Å². The summed E-state index contributed by atoms with van der Waals surface area (Å²) >= 11 is 0. The van der Waals surface area contributed by atoms with Crippen LogP contribution in [0.2, 0.25) is 0 Å². The fraction of sp³-hybridized carbons (Fsp3) is 0.462. The molecule has 0 fully saturated rings. The maximum Gasteiger partial charge on any atom is 0.305 e. The fourth-order valence-corrected chi connectivity index (χ4v) is 1.53. The van der Waals surface area contributed by atoms with E-state index in [9.17, 15) is 9.90 Å². The first-order valence-corrected chi connectivity index (χ1v) is 5.59. The minimum atomic E-state index is -0.712. The first-order chi connectivity index (χ1) is 8.15. The molecular formula is C13H18O4. The van der Waals surface area contributed by atoms with Gasteiger partial charge in [-0.25, -0.2) is 0 Å². The van der Waals surface area contributed by atoms with Gasteiger partial charge in [-0.05, 0) is 17.5 Å². The fourth-order valence-electron chi connectivity index (χ4n) is 1.53. The summed E-state index contributed by atoms with van der Waals surface area (Å²) in [7, 11) is 1.38. The number of aryl methyl sites for hydroxylation is 1. The molecule has 17 heavy (non-hydrogen) atoms. The van der Waals surface area contributed by atoms with Crippen LogP contribution in [0.4, 0.5) is 0 Å². The monoisotopic (exact) mass is 238 g/mol. The normalized spacial score (nSPS) is 12.2. The molecule has 0 aliphatic rings. The maximum atomic E-state index is 11.0. The van der Waals surface area contributed by atoms with Gasteiger partial charge in [0.05, 0.1) is 19.8 Å². The molecule has 94 valence electrons. The second kappa shape index (κ2) is 7.04. The van der Waals surface area contributed by atoms with Gasteiger partial charge in [0.1, 0.15) is 0 Å². The van der Waals surface area contributed by atoms with E-state index in [4.69, 9.17) is 5.11 Å². The molecule has 1 aromatic carbocycles. The maximum absolute atomic E-state index is 11.0. The summed E-state index contributed by atoms with van der Waals surface area (Å²) in [6.07, 6.45) is 0.745. The van der Waals surface area contributed by atoms with Gasteiger partial charge in [0.2, 0.25) is 0 Å². The number of aliphatic hydroxyl groups is 2. The van der Waals surface area contributed by atoms with Crippen molar-refractivity contribution in [2.45, 2.75) is 25.4 Å². The number of hydrogen-bond donors (Lipinski definition) is 2. The largest absolute Gasteiger partial charge is 0.469 e. The van der Waals surface area contributed by atoms with Gasteiger partial charge in [0.25, 0.3) is 0 Å². The second-order valence-corrected chi connectivity index (χ2v) is 3.93. The molecule has 0 bridgehead atoms. The van der Waals surface area contributed by atoms with Crippen LogP contribution < -0.4 is 0 Å². The third-order valence-electron chi connectivity index (χ3n) is 2.55. The lowest BCUT2D eigenvalue weighted by molar-refractivity contribution is -0.140. The Kier molecular flexibility index (Phi) is 5.66. The third kappa shape index (κ3) is 4.97. The van der Waals surface area contributed by atoms with Crippen LogP contribution in [0.1, 0.15) is 17.5 Å². The highest BCUT2D eigenvalue weighted by atomic mass is 16.5. The van der Waals surface area contributed by atoms with Crippen LogP contribution in [0.3, 0.4) is 0 Å². The van der Waals surface area contributed by atoms with Crippen molar-refractivity contribution in [2.75, 3.05) is 13.7 Å². The van der Waals surface area contributed by atoms with Crippen molar-refractivity contribution in [3.63, 3.8) is 0 Å². The van der Waals surface area contributed by atoms with E-state index in [0.717, 1.165) is 11.1 Å². The van der Waals surface area contributed by atoms with Gasteiger partial charge in [-0.2, -0.15) is 0 Å². The first kappa shape index (κ1) is 13.7. The molecule has 0 saturated heterocycles. The molecule has 2 N–H and O–H groups in total. The van der Waals surface area contributed by atoms with E-state index in [2.05, 4.69) is 4.74 Å². The number of carbonyl (C=O) groups excluding carboxylic acids is 1. The lowest BCUT2D eigenvalue weighted by Crippen LogP contribution is -2.14. The Morgan fingerprint density at radius 3 is 2.41 bits per heavy atom. The van der Waals surface area contributed by atoms with Gasteiger partial charge in [0.15, 0.2) is 0 Å². The van der Waals surface area contributed by atoms with Crippen LogP contribution in [-0.2, 0) is 22.4 Å². The summed E-state index contributed by atoms with van der Waals surface area (Å²) in [6, 6.07) is 7.63. The van der Waals surface area contributed by atoms with E-state index >= 15 is 0 Å². The van der Waals surface area contributed by atoms with Crippen LogP contribution >= 0.6 is 0 Å². The average Bonchev–Trinajstić information content (AvgIpc) is 2.37. The van der Waals surface area contributed by atoms with Crippen LogP contribution in [0, 0.1) is 0 Å². The Morgan fingerprint density at radius 2 is 1.88 bits per heavy atom. The quantitative estimate of drug-likeness (QED) is 0.715. The summed E-state index contributed by atoms with van der Waals surface area (Å²) in [5.41, 5.74) is 2.02. The van der Waals surface area contributed by atoms with Gasteiger partial charge in [-0.15, -0.1) is 0 Å². The Morgan fingerprint density at radius 1 is 1.29 bits per heavy atom. The number of ether oxygens (including phenoxy) is 1. The summed E-state index contributed by atoms with van der Waals surface area (Å²) in [5, 5.41) is 18.0. The second-order valence-electron chi connectivity index (χ2n) is 3.93. The smallest absolute Gasteiger partial charge is 0.305 e. The molecule has 4 heteroatoms. The van der Waals surface area contributed by atoms with E-state index in [-0.39, 0.29) is 12.6 Å². The molecule has 0 radical (unpaired) electrons. The molecular weight excluding hydrogens is 220 g/mol. The molecule has 0 aliphatic carbocycles. The highest BCUT2D eigenvalue weighted by Gasteiger charge is 2.04. The van der Waals surface area contributed by atoms with Crippen LogP contribution in [0.15, 0.2) is 24.3 Å². The van der Waals surface area contributed by atoms with Crippen molar-refractivity contribution in [2.24, 2.45) is 0 Å². The Balaban J connectivity index is 2.47. The number of esters is 1. The van der Waals surface area contributed by atoms with Crippen molar-refractivity contribution in [1.29, 1.82) is 0 Å². The molecule has 0 saturated carbocycles. The summed E-state index contributed by atoms with van der Waals surface area (Å²) in [6.45, 7) is -0.232. The zero-order chi connectivity index (χ0) is 12.7. The van der Waals surface area contributed by atoms with Crippen LogP contribution in [-0.4, -0.2) is 36.0 Å². The van der Waals surface area contributed by atoms with Crippen LogP contribution in [0.25, 0.3) is 0 Å². The zero-order valence-electron chi connectivity index (χ0n) is 9.93. The lowest BCUT2D eigenvalue weighted by atomic mass is 10.0. The van der Waals surface area contributed by atoms with Gasteiger partial charge >= 0.3 is 5.97 Å². The molecule has 1 rings (SSSR count). The summed E-state index contributed by atoms with van der Waals surface area (Å²) < 4.78 is 4.56. The molecule has 0 amide bonds. The van der Waals surface area contributed by atoms with Gasteiger partial charge in [-0.1, -0.05) is 24.3 Å². The number of methoxy groups -OCH3 is 1. The molecule has 4 nitrogen and oxygen atoms in total. The summed E-state index contributed by atoms with van der Waals surface area (Å²) in [4.78, 5) is 11.0. The molecule has 0 aliphatic heterocycles. The number of hydrogen-bond acceptors (Lipinski definition) is 4. The van der Waals surface area contributed by atoms with Crippen molar-refractivity contribution < 1.29 is 19.7 Å². The molecule has 1 aromatic rings. The number of aliphatic hydroxyl groups excluding tert-OH is 2. The molecule has 0 unspecified atom stereocenters. The number of carbonyl (C=O) groups is 1. The van der Waals surface area contributed by atoms with E-state index < -0.39 is 6.10 Å². The van der Waals surface area contributed by atoms with Crippen molar-refractivity contribution in [3.8, 4) is 0 Å².